The summed E-state index contributed by atoms with van der Waals surface area (Å²) in [4.78, 5) is 7.93. The molecule has 0 aliphatic rings. The Balaban J connectivity index is 1.69. The maximum Gasteiger partial charge on any atom is 0.316 e. The molecule has 8 nitrogen and oxygen atoms in total. The highest BCUT2D eigenvalue weighted by atomic mass is 19.3. The van der Waals surface area contributed by atoms with Crippen molar-refractivity contribution in [3.05, 3.63) is 59.4 Å². The molecule has 0 saturated heterocycles. The van der Waals surface area contributed by atoms with Crippen molar-refractivity contribution >= 4 is 5.71 Å². The van der Waals surface area contributed by atoms with Crippen LogP contribution in [-0.2, 0) is 6.61 Å². The Labute approximate surface area is 150 Å². The van der Waals surface area contributed by atoms with Crippen molar-refractivity contribution in [3.8, 4) is 11.7 Å². The summed E-state index contributed by atoms with van der Waals surface area (Å²) >= 11 is 0. The quantitative estimate of drug-likeness (QED) is 0.402. The second kappa shape index (κ2) is 7.81. The normalized spacial score (nSPS) is 11.8. The molecule has 3 aromatic rings. The predicted octanol–water partition coefficient (Wildman–Crippen LogP) is 2.91. The molecule has 3 rings (SSSR count). The van der Waals surface area contributed by atoms with Gasteiger partial charge in [0.05, 0.1) is 23.2 Å². The predicted molar refractivity (Wildman–Crippen MR) is 86.6 cm³/mol. The number of rotatable bonds is 6. The Kier molecular flexibility index (Phi) is 5.29. The van der Waals surface area contributed by atoms with Gasteiger partial charge in [-0.3, -0.25) is 0 Å². The van der Waals surface area contributed by atoms with Gasteiger partial charge in [0.1, 0.15) is 18.1 Å². The molecular formula is C16H13F3N6O2. The van der Waals surface area contributed by atoms with E-state index < -0.39 is 17.8 Å². The zero-order chi connectivity index (χ0) is 19.4. The van der Waals surface area contributed by atoms with Crippen LogP contribution in [0.15, 0.2) is 41.9 Å². The van der Waals surface area contributed by atoms with E-state index in [1.165, 1.54) is 29.3 Å². The lowest BCUT2D eigenvalue weighted by molar-refractivity contribution is 0.146. The number of hydrogen-bond acceptors (Lipinski definition) is 7. The highest BCUT2D eigenvalue weighted by Crippen LogP contribution is 2.24. The molecule has 0 amide bonds. The highest BCUT2D eigenvalue weighted by molar-refractivity contribution is 5.97. The van der Waals surface area contributed by atoms with E-state index in [9.17, 15) is 13.2 Å². The van der Waals surface area contributed by atoms with E-state index in [-0.39, 0.29) is 18.3 Å². The summed E-state index contributed by atoms with van der Waals surface area (Å²) < 4.78 is 45.6. The Morgan fingerprint density at radius 1 is 1.30 bits per heavy atom. The average Bonchev–Trinajstić information content (AvgIpc) is 3.15. The SMILES string of the molecule is C/C(=N\O)c1cnc(OCc2cn(-c3ccc(F)c(C(F)F)c3)nn2)nc1. The van der Waals surface area contributed by atoms with E-state index in [1.54, 1.807) is 6.92 Å². The first kappa shape index (κ1) is 18.3. The summed E-state index contributed by atoms with van der Waals surface area (Å²) in [5.74, 6) is -0.987. The van der Waals surface area contributed by atoms with E-state index >= 15 is 0 Å². The average molecular weight is 378 g/mol. The van der Waals surface area contributed by atoms with E-state index in [0.717, 1.165) is 12.1 Å². The van der Waals surface area contributed by atoms with Crippen molar-refractivity contribution in [2.24, 2.45) is 5.16 Å². The van der Waals surface area contributed by atoms with Crippen molar-refractivity contribution in [1.29, 1.82) is 0 Å². The number of benzene rings is 1. The molecule has 0 spiro atoms. The van der Waals surface area contributed by atoms with Crippen molar-refractivity contribution in [1.82, 2.24) is 25.0 Å². The summed E-state index contributed by atoms with van der Waals surface area (Å²) in [5.41, 5.74) is 0.799. The van der Waals surface area contributed by atoms with Gasteiger partial charge in [0, 0.05) is 18.0 Å². The second-order valence-corrected chi connectivity index (χ2v) is 5.39. The molecular weight excluding hydrogens is 365 g/mol. The monoisotopic (exact) mass is 378 g/mol. The zero-order valence-electron chi connectivity index (χ0n) is 13.9. The Morgan fingerprint density at radius 2 is 2.04 bits per heavy atom. The molecule has 0 fully saturated rings. The number of nitrogens with zero attached hydrogens (tertiary/aromatic N) is 6. The number of alkyl halides is 2. The van der Waals surface area contributed by atoms with Crippen molar-refractivity contribution < 1.29 is 23.1 Å². The number of ether oxygens (including phenoxy) is 1. The van der Waals surface area contributed by atoms with Crippen LogP contribution in [0.25, 0.3) is 5.69 Å². The van der Waals surface area contributed by atoms with Crippen LogP contribution in [0.2, 0.25) is 0 Å². The molecule has 140 valence electrons. The number of halogens is 3. The van der Waals surface area contributed by atoms with Crippen molar-refractivity contribution in [2.45, 2.75) is 20.0 Å². The fraction of sp³-hybridized carbons (Fsp3) is 0.188. The standard InChI is InChI=1S/C16H13F3N6O2/c1-9(23-26)10-5-20-16(21-6-10)27-8-11-7-25(24-22-11)12-2-3-14(17)13(4-12)15(18)19/h2-7,15,26H,8H2,1H3/b23-9+. The summed E-state index contributed by atoms with van der Waals surface area (Å²) in [6, 6.07) is 3.34. The molecule has 2 heterocycles. The van der Waals surface area contributed by atoms with E-state index in [2.05, 4.69) is 25.4 Å². The molecule has 1 N–H and O–H groups in total. The fourth-order valence-electron chi connectivity index (χ4n) is 2.11. The van der Waals surface area contributed by atoms with Crippen LogP contribution in [0, 0.1) is 5.82 Å². The minimum Gasteiger partial charge on any atom is -0.457 e. The maximum atomic E-state index is 13.4. The minimum absolute atomic E-state index is 0.0185. The molecule has 0 atom stereocenters. The van der Waals surface area contributed by atoms with Crippen LogP contribution < -0.4 is 4.74 Å². The summed E-state index contributed by atoms with van der Waals surface area (Å²) in [6.07, 6.45) is 1.38. The largest absolute Gasteiger partial charge is 0.457 e. The number of oxime groups is 1. The van der Waals surface area contributed by atoms with Gasteiger partial charge in [0.25, 0.3) is 6.43 Å². The first-order chi connectivity index (χ1) is 13.0. The summed E-state index contributed by atoms with van der Waals surface area (Å²) in [5, 5.41) is 19.4. The van der Waals surface area contributed by atoms with Crippen LogP contribution in [0.1, 0.15) is 30.2 Å². The smallest absolute Gasteiger partial charge is 0.316 e. The van der Waals surface area contributed by atoms with Gasteiger partial charge >= 0.3 is 6.01 Å². The molecule has 27 heavy (non-hydrogen) atoms. The van der Waals surface area contributed by atoms with Gasteiger partial charge in [-0.05, 0) is 25.1 Å². The number of hydrogen-bond donors (Lipinski definition) is 1. The van der Waals surface area contributed by atoms with Gasteiger partial charge in [-0.2, -0.15) is 0 Å². The van der Waals surface area contributed by atoms with Gasteiger partial charge in [-0.25, -0.2) is 27.8 Å². The molecule has 1 aromatic carbocycles. The van der Waals surface area contributed by atoms with Gasteiger partial charge < -0.3 is 9.94 Å². The van der Waals surface area contributed by atoms with Gasteiger partial charge in [-0.15, -0.1) is 5.10 Å². The summed E-state index contributed by atoms with van der Waals surface area (Å²) in [6.45, 7) is 1.57. The molecule has 2 aromatic heterocycles. The van der Waals surface area contributed by atoms with Crippen LogP contribution in [-0.4, -0.2) is 35.9 Å². The second-order valence-electron chi connectivity index (χ2n) is 5.39. The van der Waals surface area contributed by atoms with Gasteiger partial charge in [0.15, 0.2) is 0 Å². The first-order valence-corrected chi connectivity index (χ1v) is 7.61. The molecule has 0 aliphatic carbocycles. The van der Waals surface area contributed by atoms with Crippen LogP contribution in [0.4, 0.5) is 13.2 Å². The van der Waals surface area contributed by atoms with Gasteiger partial charge in [0.2, 0.25) is 0 Å². The van der Waals surface area contributed by atoms with Gasteiger partial charge in [-0.1, -0.05) is 10.4 Å². The molecule has 11 heteroatoms. The minimum atomic E-state index is -2.93. The van der Waals surface area contributed by atoms with Crippen molar-refractivity contribution in [2.75, 3.05) is 0 Å². The highest BCUT2D eigenvalue weighted by Gasteiger charge is 2.15. The lowest BCUT2D eigenvalue weighted by Crippen LogP contribution is -2.02. The van der Waals surface area contributed by atoms with Crippen molar-refractivity contribution in [3.63, 3.8) is 0 Å². The van der Waals surface area contributed by atoms with Crippen LogP contribution in [0.5, 0.6) is 6.01 Å². The molecule has 0 saturated carbocycles. The lowest BCUT2D eigenvalue weighted by atomic mass is 10.2. The lowest BCUT2D eigenvalue weighted by Gasteiger charge is -2.05. The molecule has 0 unspecified atom stereocenters. The third kappa shape index (κ3) is 4.19. The van der Waals surface area contributed by atoms with E-state index in [4.69, 9.17) is 9.94 Å². The Morgan fingerprint density at radius 3 is 2.70 bits per heavy atom. The molecule has 0 aliphatic heterocycles. The topological polar surface area (TPSA) is 98.3 Å². The summed E-state index contributed by atoms with van der Waals surface area (Å²) in [7, 11) is 0. The van der Waals surface area contributed by atoms with E-state index in [1.807, 2.05) is 0 Å². The fourth-order valence-corrected chi connectivity index (χ4v) is 2.11. The molecule has 0 bridgehead atoms. The maximum absolute atomic E-state index is 13.4. The first-order valence-electron chi connectivity index (χ1n) is 7.61. The van der Waals surface area contributed by atoms with Crippen LogP contribution >= 0.6 is 0 Å². The third-order valence-corrected chi connectivity index (χ3v) is 3.57. The molecule has 0 radical (unpaired) electrons. The zero-order valence-corrected chi connectivity index (χ0v) is 13.9. The van der Waals surface area contributed by atoms with E-state index in [0.29, 0.717) is 17.0 Å². The third-order valence-electron chi connectivity index (χ3n) is 3.57. The van der Waals surface area contributed by atoms with Crippen LogP contribution in [0.3, 0.4) is 0 Å². The number of aromatic nitrogens is 5. The Hall–Kier alpha value is -3.50. The Bertz CT molecular complexity index is 959.